The van der Waals surface area contributed by atoms with E-state index < -0.39 is 0 Å². The molecule has 3 nitrogen and oxygen atoms in total. The highest BCUT2D eigenvalue weighted by Crippen LogP contribution is 2.59. The largest absolute Gasteiger partial charge is 0.330 e. The molecule has 1 aliphatic heterocycles. The summed E-state index contributed by atoms with van der Waals surface area (Å²) in [5, 5.41) is 2.95. The SMILES string of the molecule is Cc1ccc2c(c1)C1(CC1CN)C(=O)N2. The highest BCUT2D eigenvalue weighted by atomic mass is 16.2. The van der Waals surface area contributed by atoms with Gasteiger partial charge in [-0.2, -0.15) is 0 Å². The predicted octanol–water partition coefficient (Wildman–Crippen LogP) is 1.16. The number of carbonyl (C=O) groups excluding carboxylic acids is 1. The topological polar surface area (TPSA) is 55.1 Å². The molecule has 0 radical (unpaired) electrons. The molecule has 1 fully saturated rings. The Bertz CT molecular complexity index is 455. The number of aryl methyl sites for hydroxylation is 1. The quantitative estimate of drug-likeness (QED) is 0.718. The van der Waals surface area contributed by atoms with E-state index in [0.717, 1.165) is 17.7 Å². The lowest BCUT2D eigenvalue weighted by Gasteiger charge is -2.07. The number of nitrogens with one attached hydrogen (secondary N) is 1. The average Bonchev–Trinajstić information content (AvgIpc) is 2.89. The number of rotatable bonds is 1. The van der Waals surface area contributed by atoms with E-state index in [1.165, 1.54) is 5.56 Å². The third kappa shape index (κ3) is 0.960. The van der Waals surface area contributed by atoms with Crippen LogP contribution in [0.1, 0.15) is 17.5 Å². The van der Waals surface area contributed by atoms with Crippen LogP contribution in [0.3, 0.4) is 0 Å². The summed E-state index contributed by atoms with van der Waals surface area (Å²) < 4.78 is 0. The molecule has 3 N–H and O–H groups in total. The molecule has 15 heavy (non-hydrogen) atoms. The van der Waals surface area contributed by atoms with E-state index in [2.05, 4.69) is 18.3 Å². The van der Waals surface area contributed by atoms with Crippen molar-refractivity contribution in [2.45, 2.75) is 18.8 Å². The maximum absolute atomic E-state index is 11.9. The number of amides is 1. The molecule has 0 saturated heterocycles. The van der Waals surface area contributed by atoms with E-state index >= 15 is 0 Å². The predicted molar refractivity (Wildman–Crippen MR) is 58.6 cm³/mol. The van der Waals surface area contributed by atoms with Crippen LogP contribution in [-0.2, 0) is 10.2 Å². The Morgan fingerprint density at radius 1 is 1.60 bits per heavy atom. The van der Waals surface area contributed by atoms with E-state index in [1.807, 2.05) is 12.1 Å². The van der Waals surface area contributed by atoms with Crippen LogP contribution >= 0.6 is 0 Å². The van der Waals surface area contributed by atoms with Gasteiger partial charge in [0.25, 0.3) is 0 Å². The van der Waals surface area contributed by atoms with Crippen LogP contribution in [0, 0.1) is 12.8 Å². The van der Waals surface area contributed by atoms with Gasteiger partial charge in [0, 0.05) is 5.69 Å². The van der Waals surface area contributed by atoms with Gasteiger partial charge >= 0.3 is 0 Å². The number of hydrogen-bond acceptors (Lipinski definition) is 2. The molecular formula is C12H14N2O. The third-order valence-corrected chi connectivity index (χ3v) is 3.70. The summed E-state index contributed by atoms with van der Waals surface area (Å²) in [6, 6.07) is 6.13. The van der Waals surface area contributed by atoms with Crippen molar-refractivity contribution in [2.75, 3.05) is 11.9 Å². The average molecular weight is 202 g/mol. The van der Waals surface area contributed by atoms with Crippen molar-refractivity contribution in [1.29, 1.82) is 0 Å². The zero-order valence-corrected chi connectivity index (χ0v) is 8.71. The second-order valence-electron chi connectivity index (χ2n) is 4.61. The van der Waals surface area contributed by atoms with Gasteiger partial charge in [0.15, 0.2) is 0 Å². The monoisotopic (exact) mass is 202 g/mol. The van der Waals surface area contributed by atoms with E-state index in [9.17, 15) is 4.79 Å². The van der Waals surface area contributed by atoms with E-state index in [1.54, 1.807) is 0 Å². The van der Waals surface area contributed by atoms with Crippen LogP contribution in [0.2, 0.25) is 0 Å². The Labute approximate surface area is 88.7 Å². The number of nitrogens with two attached hydrogens (primary N) is 1. The van der Waals surface area contributed by atoms with Gasteiger partial charge in [-0.15, -0.1) is 0 Å². The fourth-order valence-electron chi connectivity index (χ4n) is 2.71. The van der Waals surface area contributed by atoms with Crippen LogP contribution < -0.4 is 11.1 Å². The Morgan fingerprint density at radius 2 is 2.40 bits per heavy atom. The van der Waals surface area contributed by atoms with Crippen LogP contribution in [0.15, 0.2) is 18.2 Å². The normalized spacial score (nSPS) is 31.6. The summed E-state index contributed by atoms with van der Waals surface area (Å²) >= 11 is 0. The molecule has 1 aromatic carbocycles. The van der Waals surface area contributed by atoms with Crippen molar-refractivity contribution in [3.05, 3.63) is 29.3 Å². The molecule has 3 rings (SSSR count). The van der Waals surface area contributed by atoms with Gasteiger partial charge < -0.3 is 11.1 Å². The van der Waals surface area contributed by atoms with E-state index in [4.69, 9.17) is 5.73 Å². The van der Waals surface area contributed by atoms with E-state index in [0.29, 0.717) is 12.5 Å². The Kier molecular flexibility index (Phi) is 1.55. The Hall–Kier alpha value is -1.35. The van der Waals surface area contributed by atoms with Crippen LogP contribution in [-0.4, -0.2) is 12.5 Å². The number of carbonyl (C=O) groups is 1. The molecule has 0 aromatic heterocycles. The lowest BCUT2D eigenvalue weighted by molar-refractivity contribution is -0.118. The number of hydrogen-bond donors (Lipinski definition) is 2. The lowest BCUT2D eigenvalue weighted by Crippen LogP contribution is -2.24. The molecule has 1 aliphatic carbocycles. The summed E-state index contributed by atoms with van der Waals surface area (Å²) in [5.41, 5.74) is 8.71. The van der Waals surface area contributed by atoms with Crippen LogP contribution in [0.25, 0.3) is 0 Å². The maximum atomic E-state index is 11.9. The highest BCUT2D eigenvalue weighted by Gasteiger charge is 2.63. The standard InChI is InChI=1S/C12H14N2O/c1-7-2-3-10-9(4-7)12(11(15)14-10)5-8(12)6-13/h2-4,8H,5-6,13H2,1H3,(H,14,15). The Balaban J connectivity index is 2.14. The third-order valence-electron chi connectivity index (χ3n) is 3.70. The Morgan fingerprint density at radius 3 is 3.07 bits per heavy atom. The summed E-state index contributed by atoms with van der Waals surface area (Å²) in [5.74, 6) is 0.471. The minimum Gasteiger partial charge on any atom is -0.330 e. The molecule has 1 heterocycles. The fourth-order valence-corrected chi connectivity index (χ4v) is 2.71. The molecular weight excluding hydrogens is 188 g/mol. The lowest BCUT2D eigenvalue weighted by atomic mass is 9.93. The van der Waals surface area contributed by atoms with Crippen LogP contribution in [0.4, 0.5) is 5.69 Å². The van der Waals surface area contributed by atoms with Gasteiger partial charge in [-0.25, -0.2) is 0 Å². The van der Waals surface area contributed by atoms with Gasteiger partial charge in [0.05, 0.1) is 5.41 Å². The minimum atomic E-state index is -0.282. The number of benzene rings is 1. The summed E-state index contributed by atoms with van der Waals surface area (Å²) in [7, 11) is 0. The molecule has 3 heteroatoms. The zero-order chi connectivity index (χ0) is 10.6. The summed E-state index contributed by atoms with van der Waals surface area (Å²) in [4.78, 5) is 11.9. The zero-order valence-electron chi connectivity index (χ0n) is 8.71. The first-order valence-electron chi connectivity index (χ1n) is 5.31. The molecule has 78 valence electrons. The van der Waals surface area contributed by atoms with Crippen molar-refractivity contribution in [1.82, 2.24) is 0 Å². The van der Waals surface area contributed by atoms with Gasteiger partial charge in [0.2, 0.25) is 5.91 Å². The molecule has 1 aromatic rings. The van der Waals surface area contributed by atoms with Crippen molar-refractivity contribution in [3.63, 3.8) is 0 Å². The molecule has 0 bridgehead atoms. The van der Waals surface area contributed by atoms with Crippen LogP contribution in [0.5, 0.6) is 0 Å². The van der Waals surface area contributed by atoms with E-state index in [-0.39, 0.29) is 11.3 Å². The second-order valence-corrected chi connectivity index (χ2v) is 4.61. The number of anilines is 1. The first-order valence-corrected chi connectivity index (χ1v) is 5.31. The van der Waals surface area contributed by atoms with Crippen molar-refractivity contribution < 1.29 is 4.79 Å². The van der Waals surface area contributed by atoms with Gasteiger partial charge in [-0.1, -0.05) is 17.7 Å². The smallest absolute Gasteiger partial charge is 0.235 e. The van der Waals surface area contributed by atoms with Gasteiger partial charge in [-0.3, -0.25) is 4.79 Å². The van der Waals surface area contributed by atoms with Crippen molar-refractivity contribution in [2.24, 2.45) is 11.7 Å². The minimum absolute atomic E-state index is 0.138. The van der Waals surface area contributed by atoms with Crippen molar-refractivity contribution >= 4 is 11.6 Å². The molecule has 1 amide bonds. The molecule has 2 unspecified atom stereocenters. The van der Waals surface area contributed by atoms with Gasteiger partial charge in [0.1, 0.15) is 0 Å². The van der Waals surface area contributed by atoms with Gasteiger partial charge in [-0.05, 0) is 37.4 Å². The summed E-state index contributed by atoms with van der Waals surface area (Å²) in [6.07, 6.45) is 0.909. The first-order chi connectivity index (χ1) is 7.18. The molecule has 1 saturated carbocycles. The molecule has 1 spiro atoms. The maximum Gasteiger partial charge on any atom is 0.235 e. The summed E-state index contributed by atoms with van der Waals surface area (Å²) in [6.45, 7) is 2.65. The molecule has 2 atom stereocenters. The van der Waals surface area contributed by atoms with Crippen molar-refractivity contribution in [3.8, 4) is 0 Å². The second kappa shape index (κ2) is 2.61. The number of fused-ring (bicyclic) bond motifs is 2. The fraction of sp³-hybridized carbons (Fsp3) is 0.417. The highest BCUT2D eigenvalue weighted by molar-refractivity contribution is 6.08. The molecule has 2 aliphatic rings. The first kappa shape index (κ1) is 8.92.